The number of alkyl halides is 3. The van der Waals surface area contributed by atoms with E-state index in [0.29, 0.717) is 11.1 Å². The van der Waals surface area contributed by atoms with Gasteiger partial charge in [-0.1, -0.05) is 0 Å². The van der Waals surface area contributed by atoms with Crippen LogP contribution in [0.1, 0.15) is 16.7 Å². The fraction of sp³-hybridized carbons (Fsp3) is 0.133. The molecule has 2 aromatic carbocycles. The van der Waals surface area contributed by atoms with Crippen LogP contribution in [0.15, 0.2) is 42.5 Å². The molecular weight excluding hydrogens is 328 g/mol. The van der Waals surface area contributed by atoms with Crippen molar-refractivity contribution in [1.82, 2.24) is 0 Å². The first-order valence-corrected chi connectivity index (χ1v) is 7.13. The Hall–Kier alpha value is -1.02. The zero-order valence-electron chi connectivity index (χ0n) is 10.3. The Bertz CT molecular complexity index is 615. The molecule has 2 rings (SSSR count). The van der Waals surface area contributed by atoms with Gasteiger partial charge in [0.25, 0.3) is 0 Å². The predicted molar refractivity (Wildman–Crippen MR) is 66.8 cm³/mol. The Morgan fingerprint density at radius 3 is 2.26 bits per heavy atom. The van der Waals surface area contributed by atoms with Gasteiger partial charge in [-0.2, -0.15) is 0 Å². The van der Waals surface area contributed by atoms with Crippen LogP contribution in [0.2, 0.25) is 0 Å². The molecule has 0 saturated heterocycles. The Kier molecular flexibility index (Phi) is 4.20. The first kappa shape index (κ1) is 14.4. The van der Waals surface area contributed by atoms with E-state index in [4.69, 9.17) is 0 Å². The van der Waals surface area contributed by atoms with Crippen LogP contribution in [-0.2, 0) is 30.4 Å². The molecule has 0 saturated carbocycles. The standard InChI is InChI=1S/C15H11F3.Zr/c1-10-7-8-13(14(9-10)15(16,17)18)12-6-4-3-5-11(12)2;/h1,3-9H,2H3;/q;+2. The van der Waals surface area contributed by atoms with Gasteiger partial charge in [0, 0.05) is 0 Å². The molecule has 0 nitrogen and oxygen atoms in total. The molecule has 0 fully saturated rings. The van der Waals surface area contributed by atoms with Crippen LogP contribution in [0.5, 0.6) is 0 Å². The van der Waals surface area contributed by atoms with E-state index >= 15 is 0 Å². The fourth-order valence-corrected chi connectivity index (χ4v) is 2.44. The summed E-state index contributed by atoms with van der Waals surface area (Å²) in [5, 5.41) is 0. The molecular formula is C15H11F3Zr+2. The maximum atomic E-state index is 13.2. The fourth-order valence-electron chi connectivity index (χ4n) is 2.00. The SMILES string of the molecule is Cc1ccccc1-c1ccc([CH]=[Zr+2])cc1C(F)(F)F. The molecule has 0 bridgehead atoms. The number of hydrogen-bond acceptors (Lipinski definition) is 0. The third kappa shape index (κ3) is 3.12. The second-order valence-electron chi connectivity index (χ2n) is 4.26. The maximum absolute atomic E-state index is 13.2. The monoisotopic (exact) mass is 338 g/mol. The first-order valence-electron chi connectivity index (χ1n) is 5.71. The molecule has 0 spiro atoms. The van der Waals surface area contributed by atoms with E-state index in [0.717, 1.165) is 29.8 Å². The van der Waals surface area contributed by atoms with Gasteiger partial charge in [-0.25, -0.2) is 0 Å². The minimum atomic E-state index is -4.34. The van der Waals surface area contributed by atoms with Crippen molar-refractivity contribution in [3.63, 3.8) is 0 Å². The summed E-state index contributed by atoms with van der Waals surface area (Å²) in [5.74, 6) is 0. The van der Waals surface area contributed by atoms with Crippen molar-refractivity contribution >= 4 is 3.71 Å². The van der Waals surface area contributed by atoms with E-state index in [2.05, 4.69) is 0 Å². The van der Waals surface area contributed by atoms with Crippen molar-refractivity contribution in [2.24, 2.45) is 0 Å². The van der Waals surface area contributed by atoms with Gasteiger partial charge >= 0.3 is 124 Å². The number of rotatable bonds is 2. The molecule has 0 aliphatic rings. The summed E-state index contributed by atoms with van der Waals surface area (Å²) in [5.41, 5.74) is 1.76. The summed E-state index contributed by atoms with van der Waals surface area (Å²) in [4.78, 5) is 0. The Balaban J connectivity index is 2.70. The van der Waals surface area contributed by atoms with Crippen LogP contribution in [0, 0.1) is 6.92 Å². The van der Waals surface area contributed by atoms with Crippen molar-refractivity contribution in [3.8, 4) is 11.1 Å². The molecule has 0 aromatic heterocycles. The van der Waals surface area contributed by atoms with E-state index in [1.54, 1.807) is 28.0 Å². The van der Waals surface area contributed by atoms with Gasteiger partial charge in [-0.15, -0.1) is 0 Å². The molecule has 0 unspecified atom stereocenters. The molecule has 0 aliphatic carbocycles. The van der Waals surface area contributed by atoms with Crippen LogP contribution in [0.3, 0.4) is 0 Å². The zero-order chi connectivity index (χ0) is 14.0. The Morgan fingerprint density at radius 2 is 1.68 bits per heavy atom. The minimum absolute atomic E-state index is 0.243. The van der Waals surface area contributed by atoms with Gasteiger partial charge in [-0.3, -0.25) is 0 Å². The second kappa shape index (κ2) is 5.54. The summed E-state index contributed by atoms with van der Waals surface area (Å²) in [6.45, 7) is 1.82. The summed E-state index contributed by atoms with van der Waals surface area (Å²) in [6.07, 6.45) is -4.34. The van der Waals surface area contributed by atoms with Gasteiger partial charge in [0.05, 0.1) is 0 Å². The normalized spacial score (nSPS) is 11.5. The van der Waals surface area contributed by atoms with Crippen molar-refractivity contribution in [3.05, 3.63) is 59.2 Å². The molecule has 0 heterocycles. The molecule has 0 N–H and O–H groups in total. The molecule has 94 valence electrons. The first-order chi connectivity index (χ1) is 8.93. The summed E-state index contributed by atoms with van der Waals surface area (Å²) in [6, 6.07) is 11.6. The summed E-state index contributed by atoms with van der Waals surface area (Å²) >= 11 is 1.08. The Morgan fingerprint density at radius 1 is 1.00 bits per heavy atom. The van der Waals surface area contributed by atoms with E-state index in [9.17, 15) is 13.2 Å². The molecule has 4 heteroatoms. The van der Waals surface area contributed by atoms with Crippen molar-refractivity contribution in [2.75, 3.05) is 0 Å². The van der Waals surface area contributed by atoms with Crippen molar-refractivity contribution in [1.29, 1.82) is 0 Å². The van der Waals surface area contributed by atoms with Crippen LogP contribution < -0.4 is 0 Å². The van der Waals surface area contributed by atoms with Gasteiger partial charge in [-0.05, 0) is 0 Å². The molecule has 0 radical (unpaired) electrons. The van der Waals surface area contributed by atoms with Gasteiger partial charge in [0.1, 0.15) is 0 Å². The van der Waals surface area contributed by atoms with Crippen LogP contribution in [-0.4, -0.2) is 3.71 Å². The van der Waals surface area contributed by atoms with Gasteiger partial charge < -0.3 is 0 Å². The van der Waals surface area contributed by atoms with Crippen molar-refractivity contribution in [2.45, 2.75) is 13.1 Å². The predicted octanol–water partition coefficient (Wildman–Crippen LogP) is 4.38. The quantitative estimate of drug-likeness (QED) is 0.762. The topological polar surface area (TPSA) is 0 Å². The van der Waals surface area contributed by atoms with E-state index in [1.807, 2.05) is 19.1 Å². The average molecular weight is 339 g/mol. The molecule has 2 aromatic rings. The number of halogens is 3. The second-order valence-corrected chi connectivity index (χ2v) is 4.97. The van der Waals surface area contributed by atoms with Crippen LogP contribution in [0.25, 0.3) is 11.1 Å². The number of hydrogen-bond donors (Lipinski definition) is 0. The van der Waals surface area contributed by atoms with Crippen LogP contribution in [0.4, 0.5) is 13.2 Å². The number of aryl methyl sites for hydroxylation is 1. The summed E-state index contributed by atoms with van der Waals surface area (Å²) < 4.78 is 41.3. The third-order valence-electron chi connectivity index (χ3n) is 2.95. The van der Waals surface area contributed by atoms with Gasteiger partial charge in [0.2, 0.25) is 0 Å². The van der Waals surface area contributed by atoms with Crippen molar-refractivity contribution < 1.29 is 37.4 Å². The van der Waals surface area contributed by atoms with E-state index in [1.165, 1.54) is 6.07 Å². The zero-order valence-corrected chi connectivity index (χ0v) is 12.7. The van der Waals surface area contributed by atoms with E-state index in [-0.39, 0.29) is 5.56 Å². The third-order valence-corrected chi connectivity index (χ3v) is 3.77. The average Bonchev–Trinajstić information content (AvgIpc) is 2.38. The number of benzene rings is 2. The van der Waals surface area contributed by atoms with E-state index < -0.39 is 11.7 Å². The Labute approximate surface area is 124 Å². The summed E-state index contributed by atoms with van der Waals surface area (Å²) in [7, 11) is 0. The molecule has 0 amide bonds. The van der Waals surface area contributed by atoms with Gasteiger partial charge in [0.15, 0.2) is 0 Å². The molecule has 19 heavy (non-hydrogen) atoms. The molecule has 0 aliphatic heterocycles. The molecule has 0 atom stereocenters. The van der Waals surface area contributed by atoms with Crippen LogP contribution >= 0.6 is 0 Å².